The molecule has 0 spiro atoms. The van der Waals surface area contributed by atoms with Crippen LogP contribution in [-0.2, 0) is 19.1 Å². The highest BCUT2D eigenvalue weighted by Crippen LogP contribution is 2.66. The van der Waals surface area contributed by atoms with Crippen molar-refractivity contribution in [3.63, 3.8) is 0 Å². The highest BCUT2D eigenvalue weighted by atomic mass is 16.5. The molecule has 3 saturated carbocycles. The summed E-state index contributed by atoms with van der Waals surface area (Å²) in [7, 11) is 0. The minimum Gasteiger partial charge on any atom is -0.461 e. The minimum absolute atomic E-state index is 0.0536. The predicted molar refractivity (Wildman–Crippen MR) is 242 cm³/mol. The first kappa shape index (κ1) is 49.0. The van der Waals surface area contributed by atoms with Gasteiger partial charge in [-0.15, -0.1) is 0 Å². The van der Waals surface area contributed by atoms with Crippen LogP contribution < -0.4 is 0 Å². The van der Waals surface area contributed by atoms with Crippen LogP contribution in [0.1, 0.15) is 215 Å². The Bertz CT molecular complexity index is 1260. The fourth-order valence-electron chi connectivity index (χ4n) is 12.1. The van der Waals surface area contributed by atoms with Crippen LogP contribution in [0.5, 0.6) is 0 Å². The summed E-state index contributed by atoms with van der Waals surface area (Å²) in [6.07, 6.45) is 34.9. The molecule has 0 aromatic rings. The molecular formula is C52H91NO5. The fraction of sp³-hybridized carbons (Fsp3) is 0.885. The Hall–Kier alpha value is -1.66. The van der Waals surface area contributed by atoms with Crippen molar-refractivity contribution in [2.24, 2.45) is 40.4 Å². The molecule has 6 heteroatoms. The molecule has 4 aliphatic rings. The SMILES string of the molecule is CCCCCCCCC(CCCCCCCC)OC(=O)CN(CCCCO)CC(=O)OC1CCC2(C)C(=CC=C3C2CCC2(C)C3CCC2C(C)CCCC(C)C)C1. The van der Waals surface area contributed by atoms with E-state index in [0.717, 1.165) is 69.1 Å². The van der Waals surface area contributed by atoms with E-state index < -0.39 is 0 Å². The third-order valence-corrected chi connectivity index (χ3v) is 15.7. The van der Waals surface area contributed by atoms with Gasteiger partial charge in [0.15, 0.2) is 0 Å². The zero-order valence-corrected chi connectivity index (χ0v) is 38.9. The molecule has 0 saturated heterocycles. The maximum atomic E-state index is 13.6. The average Bonchev–Trinajstić information content (AvgIpc) is 3.54. The van der Waals surface area contributed by atoms with E-state index in [1.807, 2.05) is 4.90 Å². The first-order chi connectivity index (χ1) is 27.9. The number of hydrogen-bond donors (Lipinski definition) is 1. The molecule has 0 amide bonds. The molecular weight excluding hydrogens is 719 g/mol. The Morgan fingerprint density at radius 2 is 1.38 bits per heavy atom. The minimum atomic E-state index is -0.248. The molecule has 0 bridgehead atoms. The molecule has 6 nitrogen and oxygen atoms in total. The number of fused-ring (bicyclic) bond motifs is 5. The van der Waals surface area contributed by atoms with Crippen molar-refractivity contribution in [1.82, 2.24) is 4.90 Å². The second-order valence-corrected chi connectivity index (χ2v) is 20.6. The lowest BCUT2D eigenvalue weighted by Gasteiger charge is -2.55. The Balaban J connectivity index is 1.32. The van der Waals surface area contributed by atoms with E-state index in [1.165, 1.54) is 115 Å². The Labute approximate surface area is 357 Å². The summed E-state index contributed by atoms with van der Waals surface area (Å²) in [5.41, 5.74) is 3.78. The van der Waals surface area contributed by atoms with E-state index in [2.05, 4.69) is 60.6 Å². The molecule has 4 rings (SSSR count). The van der Waals surface area contributed by atoms with E-state index in [4.69, 9.17) is 9.47 Å². The zero-order valence-electron chi connectivity index (χ0n) is 38.9. The number of allylic oxidation sites excluding steroid dienone is 3. The maximum absolute atomic E-state index is 13.6. The maximum Gasteiger partial charge on any atom is 0.320 e. The number of unbranched alkanes of at least 4 members (excludes halogenated alkanes) is 11. The van der Waals surface area contributed by atoms with E-state index in [0.29, 0.717) is 30.2 Å². The standard InChI is InChI=1S/C52H91NO5/c1-8-10-12-14-16-18-25-43(26-19-17-15-13-11-9-2)57-49(55)38-53(35-20-21-36-54)39-50(56)58-44-31-33-51(6)42(37-44)27-28-45-47-30-29-46(41(5)24-22-23-40(3)4)52(47,7)34-32-48(45)51/h27-28,40-41,43-44,46-48,54H,8-26,29-39H2,1-7H3. The van der Waals surface area contributed by atoms with Gasteiger partial charge in [-0.3, -0.25) is 14.5 Å². The van der Waals surface area contributed by atoms with Crippen molar-refractivity contribution in [2.75, 3.05) is 26.2 Å². The summed E-state index contributed by atoms with van der Waals surface area (Å²) in [6.45, 7) is 17.7. The van der Waals surface area contributed by atoms with Gasteiger partial charge in [-0.1, -0.05) is 155 Å². The third kappa shape index (κ3) is 14.5. The van der Waals surface area contributed by atoms with Gasteiger partial charge in [-0.05, 0) is 124 Å². The normalized spacial score (nSPS) is 27.2. The van der Waals surface area contributed by atoms with Crippen molar-refractivity contribution in [1.29, 1.82) is 0 Å². The van der Waals surface area contributed by atoms with Crippen LogP contribution in [0.25, 0.3) is 0 Å². The summed E-state index contributed by atoms with van der Waals surface area (Å²) in [4.78, 5) is 28.9. The van der Waals surface area contributed by atoms with Gasteiger partial charge in [-0.25, -0.2) is 0 Å². The smallest absolute Gasteiger partial charge is 0.320 e. The van der Waals surface area contributed by atoms with Crippen molar-refractivity contribution < 1.29 is 24.2 Å². The highest BCUT2D eigenvalue weighted by molar-refractivity contribution is 5.75. The van der Waals surface area contributed by atoms with Crippen LogP contribution in [0.3, 0.4) is 0 Å². The van der Waals surface area contributed by atoms with Gasteiger partial charge in [-0.2, -0.15) is 0 Å². The van der Waals surface area contributed by atoms with E-state index in [-0.39, 0.29) is 49.3 Å². The van der Waals surface area contributed by atoms with Gasteiger partial charge in [0.05, 0.1) is 13.1 Å². The van der Waals surface area contributed by atoms with Crippen molar-refractivity contribution in [3.05, 3.63) is 23.3 Å². The number of ether oxygens (including phenoxy) is 2. The fourth-order valence-corrected chi connectivity index (χ4v) is 12.1. The first-order valence-electron chi connectivity index (χ1n) is 25.1. The number of rotatable bonds is 29. The van der Waals surface area contributed by atoms with Crippen LogP contribution in [0.4, 0.5) is 0 Å². The first-order valence-corrected chi connectivity index (χ1v) is 25.1. The van der Waals surface area contributed by atoms with Gasteiger partial charge < -0.3 is 14.6 Å². The summed E-state index contributed by atoms with van der Waals surface area (Å²) < 4.78 is 12.4. The van der Waals surface area contributed by atoms with Crippen LogP contribution >= 0.6 is 0 Å². The summed E-state index contributed by atoms with van der Waals surface area (Å²) >= 11 is 0. The van der Waals surface area contributed by atoms with Crippen molar-refractivity contribution in [2.45, 2.75) is 228 Å². The molecule has 1 N–H and O–H groups in total. The molecule has 0 radical (unpaired) electrons. The van der Waals surface area contributed by atoms with Gasteiger partial charge in [0, 0.05) is 13.0 Å². The highest BCUT2D eigenvalue weighted by Gasteiger charge is 2.57. The molecule has 0 aromatic carbocycles. The van der Waals surface area contributed by atoms with Gasteiger partial charge in [0.2, 0.25) is 0 Å². The second kappa shape index (κ2) is 25.3. The molecule has 0 heterocycles. The van der Waals surface area contributed by atoms with Crippen molar-refractivity contribution in [3.8, 4) is 0 Å². The number of aliphatic hydroxyl groups excluding tert-OH is 1. The number of carbonyl (C=O) groups is 2. The predicted octanol–water partition coefficient (Wildman–Crippen LogP) is 13.3. The molecule has 0 aromatic heterocycles. The van der Waals surface area contributed by atoms with E-state index in [9.17, 15) is 14.7 Å². The average molecular weight is 810 g/mol. The Morgan fingerprint density at radius 1 is 0.724 bits per heavy atom. The molecule has 4 aliphatic carbocycles. The van der Waals surface area contributed by atoms with Crippen molar-refractivity contribution >= 4 is 11.9 Å². The van der Waals surface area contributed by atoms with Gasteiger partial charge >= 0.3 is 11.9 Å². The van der Waals surface area contributed by atoms with Crippen LogP contribution in [0.2, 0.25) is 0 Å². The number of carbonyl (C=O) groups excluding carboxylic acids is 2. The molecule has 7 atom stereocenters. The van der Waals surface area contributed by atoms with Gasteiger partial charge in [0.25, 0.3) is 0 Å². The molecule has 58 heavy (non-hydrogen) atoms. The van der Waals surface area contributed by atoms with Crippen LogP contribution in [-0.4, -0.2) is 60.4 Å². The lowest BCUT2D eigenvalue weighted by Crippen LogP contribution is -2.47. The van der Waals surface area contributed by atoms with E-state index >= 15 is 0 Å². The van der Waals surface area contributed by atoms with Crippen LogP contribution in [0, 0.1) is 40.4 Å². The third-order valence-electron chi connectivity index (χ3n) is 15.7. The summed E-state index contributed by atoms with van der Waals surface area (Å²) in [6, 6.07) is 0. The lowest BCUT2D eigenvalue weighted by molar-refractivity contribution is -0.155. The molecule has 0 aliphatic heterocycles. The number of nitrogens with zero attached hydrogens (tertiary/aromatic N) is 1. The molecule has 7 unspecified atom stereocenters. The van der Waals surface area contributed by atoms with Crippen LogP contribution in [0.15, 0.2) is 23.3 Å². The molecule has 334 valence electrons. The molecule has 3 fully saturated rings. The zero-order chi connectivity index (χ0) is 42.0. The monoisotopic (exact) mass is 810 g/mol. The number of hydrogen-bond acceptors (Lipinski definition) is 6. The number of esters is 2. The summed E-state index contributed by atoms with van der Waals surface area (Å²) in [5, 5.41) is 9.49. The number of aliphatic hydroxyl groups is 1. The topological polar surface area (TPSA) is 76.1 Å². The lowest BCUT2D eigenvalue weighted by atomic mass is 9.50. The van der Waals surface area contributed by atoms with Gasteiger partial charge in [0.1, 0.15) is 12.2 Å². The second-order valence-electron chi connectivity index (χ2n) is 20.6. The Morgan fingerprint density at radius 3 is 2.03 bits per heavy atom. The van der Waals surface area contributed by atoms with E-state index in [1.54, 1.807) is 5.57 Å². The quantitative estimate of drug-likeness (QED) is 0.0599. The Kier molecular flexibility index (Phi) is 21.4. The largest absolute Gasteiger partial charge is 0.461 e. The summed E-state index contributed by atoms with van der Waals surface area (Å²) in [5.74, 6) is 3.27.